The summed E-state index contributed by atoms with van der Waals surface area (Å²) in [6, 6.07) is 25.1. The fourth-order valence-corrected chi connectivity index (χ4v) is 4.63. The molecule has 5 nitrogen and oxygen atoms in total. The van der Waals surface area contributed by atoms with Gasteiger partial charge in [0.2, 0.25) is 0 Å². The molecule has 1 saturated heterocycles. The molecular formula is C24H19BrN4OS. The molecule has 2 N–H and O–H groups in total. The van der Waals surface area contributed by atoms with Crippen molar-refractivity contribution < 1.29 is 5.11 Å². The number of phenols is 1. The van der Waals surface area contributed by atoms with E-state index >= 15 is 0 Å². The van der Waals surface area contributed by atoms with Crippen LogP contribution in [-0.2, 0) is 0 Å². The van der Waals surface area contributed by atoms with Gasteiger partial charge in [0.25, 0.3) is 0 Å². The van der Waals surface area contributed by atoms with Gasteiger partial charge in [0, 0.05) is 33.9 Å². The third-order valence-corrected chi connectivity index (χ3v) is 6.26. The smallest absolute Gasteiger partial charge is 0.174 e. The molecule has 0 aliphatic carbocycles. The molecule has 1 aliphatic rings. The molecule has 2 aromatic carbocycles. The molecule has 1 fully saturated rings. The van der Waals surface area contributed by atoms with Gasteiger partial charge in [0.15, 0.2) is 5.11 Å². The molecule has 0 radical (unpaired) electrons. The minimum Gasteiger partial charge on any atom is -0.508 e. The first-order chi connectivity index (χ1) is 15.1. The fourth-order valence-electron chi connectivity index (χ4n) is 4.02. The molecular weight excluding hydrogens is 472 g/mol. The zero-order valence-electron chi connectivity index (χ0n) is 16.4. The van der Waals surface area contributed by atoms with Crippen molar-refractivity contribution in [1.29, 1.82) is 0 Å². The van der Waals surface area contributed by atoms with E-state index in [1.165, 1.54) is 0 Å². The van der Waals surface area contributed by atoms with Gasteiger partial charge < -0.3 is 19.9 Å². The summed E-state index contributed by atoms with van der Waals surface area (Å²) in [7, 11) is 0. The number of nitrogens with one attached hydrogen (secondary N) is 1. The van der Waals surface area contributed by atoms with Gasteiger partial charge in [-0.25, -0.2) is 0 Å². The van der Waals surface area contributed by atoms with Crippen molar-refractivity contribution >= 4 is 38.9 Å². The standard InChI is InChI=1S/C24H19BrN4OS/c25-16-6-8-17(9-7-16)28-15-3-5-21(28)23-22(20-4-1-2-14-26-20)27-24(31)29(23)18-10-12-19(30)13-11-18/h1-15,22-23,30H,(H,27,31)/t22-,23-/m1/s1. The molecule has 7 heteroatoms. The summed E-state index contributed by atoms with van der Waals surface area (Å²) in [5.41, 5.74) is 3.96. The number of benzene rings is 2. The summed E-state index contributed by atoms with van der Waals surface area (Å²) in [6.07, 6.45) is 3.86. The van der Waals surface area contributed by atoms with Crippen molar-refractivity contribution in [3.8, 4) is 11.4 Å². The van der Waals surface area contributed by atoms with Gasteiger partial charge in [-0.05, 0) is 85.0 Å². The highest BCUT2D eigenvalue weighted by Gasteiger charge is 2.42. The number of pyridine rings is 1. The number of hydrogen-bond acceptors (Lipinski definition) is 3. The van der Waals surface area contributed by atoms with E-state index in [4.69, 9.17) is 12.2 Å². The molecule has 5 rings (SSSR count). The molecule has 31 heavy (non-hydrogen) atoms. The SMILES string of the molecule is Oc1ccc(N2C(=S)N[C@H](c3ccccn3)[C@H]2c2cccn2-c2ccc(Br)cc2)cc1. The molecule has 2 atom stereocenters. The van der Waals surface area contributed by atoms with Crippen LogP contribution in [0.5, 0.6) is 5.75 Å². The molecule has 154 valence electrons. The monoisotopic (exact) mass is 490 g/mol. The second-order valence-electron chi connectivity index (χ2n) is 7.29. The predicted octanol–water partition coefficient (Wildman–Crippen LogP) is 5.52. The Balaban J connectivity index is 1.66. The van der Waals surface area contributed by atoms with E-state index < -0.39 is 0 Å². The van der Waals surface area contributed by atoms with Crippen molar-refractivity contribution in [2.24, 2.45) is 0 Å². The van der Waals surface area contributed by atoms with Crippen LogP contribution in [0.15, 0.2) is 95.7 Å². The number of aromatic nitrogens is 2. The van der Waals surface area contributed by atoms with Gasteiger partial charge >= 0.3 is 0 Å². The van der Waals surface area contributed by atoms with Gasteiger partial charge in [-0.15, -0.1) is 0 Å². The van der Waals surface area contributed by atoms with Gasteiger partial charge in [-0.1, -0.05) is 22.0 Å². The Hall–Kier alpha value is -3.16. The van der Waals surface area contributed by atoms with E-state index in [2.05, 4.69) is 60.1 Å². The topological polar surface area (TPSA) is 53.3 Å². The number of hydrogen-bond donors (Lipinski definition) is 2. The molecule has 0 saturated carbocycles. The quantitative estimate of drug-likeness (QED) is 0.369. The molecule has 0 bridgehead atoms. The molecule has 0 amide bonds. The van der Waals surface area contributed by atoms with E-state index in [0.717, 1.165) is 27.2 Å². The van der Waals surface area contributed by atoms with Gasteiger partial charge in [0.05, 0.1) is 11.7 Å². The molecule has 1 aliphatic heterocycles. The Kier molecular flexibility index (Phi) is 5.21. The number of nitrogens with zero attached hydrogens (tertiary/aromatic N) is 3. The Morgan fingerprint density at radius 1 is 0.903 bits per heavy atom. The highest BCUT2D eigenvalue weighted by Crippen LogP contribution is 2.42. The van der Waals surface area contributed by atoms with Crippen molar-refractivity contribution in [3.63, 3.8) is 0 Å². The van der Waals surface area contributed by atoms with Crippen LogP contribution in [0.1, 0.15) is 23.5 Å². The zero-order chi connectivity index (χ0) is 21.4. The van der Waals surface area contributed by atoms with Gasteiger partial charge in [0.1, 0.15) is 11.8 Å². The summed E-state index contributed by atoms with van der Waals surface area (Å²) in [6.45, 7) is 0. The average molecular weight is 491 g/mol. The lowest BCUT2D eigenvalue weighted by Gasteiger charge is -2.29. The highest BCUT2D eigenvalue weighted by molar-refractivity contribution is 9.10. The minimum atomic E-state index is -0.134. The van der Waals surface area contributed by atoms with Crippen molar-refractivity contribution in [2.45, 2.75) is 12.1 Å². The first-order valence-electron chi connectivity index (χ1n) is 9.85. The van der Waals surface area contributed by atoms with Crippen LogP contribution in [0.2, 0.25) is 0 Å². The van der Waals surface area contributed by atoms with Crippen LogP contribution in [0.25, 0.3) is 5.69 Å². The molecule has 0 spiro atoms. The zero-order valence-corrected chi connectivity index (χ0v) is 18.8. The molecule has 0 unspecified atom stereocenters. The predicted molar refractivity (Wildman–Crippen MR) is 130 cm³/mol. The second kappa shape index (κ2) is 8.17. The summed E-state index contributed by atoms with van der Waals surface area (Å²) in [5.74, 6) is 0.220. The number of aromatic hydroxyl groups is 1. The van der Waals surface area contributed by atoms with Crippen molar-refractivity contribution in [1.82, 2.24) is 14.9 Å². The van der Waals surface area contributed by atoms with Crippen LogP contribution in [-0.4, -0.2) is 19.8 Å². The molecule has 3 heterocycles. The van der Waals surface area contributed by atoms with E-state index in [-0.39, 0.29) is 17.8 Å². The fraction of sp³-hybridized carbons (Fsp3) is 0.0833. The van der Waals surface area contributed by atoms with Crippen LogP contribution in [0, 0.1) is 0 Å². The Morgan fingerprint density at radius 3 is 2.35 bits per heavy atom. The van der Waals surface area contributed by atoms with Crippen LogP contribution in [0.3, 0.4) is 0 Å². The number of rotatable bonds is 4. The Bertz CT molecular complexity index is 1210. The maximum atomic E-state index is 9.78. The van der Waals surface area contributed by atoms with Crippen molar-refractivity contribution in [2.75, 3.05) is 4.90 Å². The normalized spacial score (nSPS) is 18.2. The van der Waals surface area contributed by atoms with Gasteiger partial charge in [-0.3, -0.25) is 4.98 Å². The van der Waals surface area contributed by atoms with E-state index in [1.807, 2.05) is 48.5 Å². The lowest BCUT2D eigenvalue weighted by molar-refractivity contribution is 0.475. The lowest BCUT2D eigenvalue weighted by Crippen LogP contribution is -2.30. The lowest BCUT2D eigenvalue weighted by atomic mass is 10.0. The van der Waals surface area contributed by atoms with Crippen LogP contribution in [0.4, 0.5) is 5.69 Å². The number of halogens is 1. The molecule has 2 aromatic heterocycles. The summed E-state index contributed by atoms with van der Waals surface area (Å²) < 4.78 is 3.21. The summed E-state index contributed by atoms with van der Waals surface area (Å²) in [4.78, 5) is 6.70. The number of thiocarbonyl (C=S) groups is 1. The van der Waals surface area contributed by atoms with E-state index in [9.17, 15) is 5.11 Å². The van der Waals surface area contributed by atoms with Gasteiger partial charge in [-0.2, -0.15) is 0 Å². The van der Waals surface area contributed by atoms with Crippen molar-refractivity contribution in [3.05, 3.63) is 107 Å². The Labute approximate surface area is 194 Å². The largest absolute Gasteiger partial charge is 0.508 e. The van der Waals surface area contributed by atoms with Crippen LogP contribution >= 0.6 is 28.1 Å². The highest BCUT2D eigenvalue weighted by atomic mass is 79.9. The average Bonchev–Trinajstić information content (AvgIpc) is 3.40. The maximum Gasteiger partial charge on any atom is 0.174 e. The summed E-state index contributed by atoms with van der Waals surface area (Å²) in [5, 5.41) is 13.9. The van der Waals surface area contributed by atoms with E-state index in [1.54, 1.807) is 18.3 Å². The maximum absolute atomic E-state index is 9.78. The first-order valence-corrected chi connectivity index (χ1v) is 11.0. The first kappa shape index (κ1) is 19.8. The third kappa shape index (κ3) is 3.71. The molecule has 4 aromatic rings. The number of phenolic OH excluding ortho intramolecular Hbond substituents is 1. The number of anilines is 1. The van der Waals surface area contributed by atoms with Crippen LogP contribution < -0.4 is 10.2 Å². The minimum absolute atomic E-state index is 0.133. The second-order valence-corrected chi connectivity index (χ2v) is 8.59. The van der Waals surface area contributed by atoms with E-state index in [0.29, 0.717) is 5.11 Å². The summed E-state index contributed by atoms with van der Waals surface area (Å²) >= 11 is 9.28. The Morgan fingerprint density at radius 2 is 1.65 bits per heavy atom. The third-order valence-electron chi connectivity index (χ3n) is 5.41.